The molecule has 0 aliphatic rings. The molecule has 1 aromatic heterocycles. The van der Waals surface area contributed by atoms with Crippen molar-refractivity contribution in [1.29, 1.82) is 0 Å². The van der Waals surface area contributed by atoms with Crippen LogP contribution in [0.4, 0.5) is 5.82 Å². The fraction of sp³-hybridized carbons (Fsp3) is 0.667. The van der Waals surface area contributed by atoms with Gasteiger partial charge in [-0.2, -0.15) is 0 Å². The molecule has 96 valence electrons. The van der Waals surface area contributed by atoms with Gasteiger partial charge in [0.05, 0.1) is 0 Å². The summed E-state index contributed by atoms with van der Waals surface area (Å²) in [5, 5.41) is 0. The van der Waals surface area contributed by atoms with Gasteiger partial charge in [-0.3, -0.25) is 4.79 Å². The highest BCUT2D eigenvalue weighted by molar-refractivity contribution is 5.37. The Labute approximate surface area is 102 Å². The second kappa shape index (κ2) is 6.39. The maximum absolute atomic E-state index is 11.6. The third-order valence-electron chi connectivity index (χ3n) is 2.51. The molecule has 0 amide bonds. The van der Waals surface area contributed by atoms with Crippen molar-refractivity contribution in [3.8, 4) is 0 Å². The van der Waals surface area contributed by atoms with Gasteiger partial charge in [-0.15, -0.1) is 0 Å². The van der Waals surface area contributed by atoms with Gasteiger partial charge in [-0.1, -0.05) is 20.8 Å². The monoisotopic (exact) mass is 238 g/mol. The number of aromatic amines is 1. The topological polar surface area (TPSA) is 75.0 Å². The van der Waals surface area contributed by atoms with E-state index in [1.54, 1.807) is 0 Å². The van der Waals surface area contributed by atoms with Gasteiger partial charge in [-0.05, 0) is 6.42 Å². The zero-order valence-corrected chi connectivity index (χ0v) is 10.9. The number of aromatic nitrogens is 2. The van der Waals surface area contributed by atoms with Gasteiger partial charge in [0.2, 0.25) is 0 Å². The maximum Gasteiger partial charge on any atom is 0.252 e. The number of nitrogens with two attached hydrogens (primary N) is 1. The van der Waals surface area contributed by atoms with E-state index >= 15 is 0 Å². The SMILES string of the molecule is CCCN(CCN)c1cc(=O)[nH]c(C(C)C)n1. The van der Waals surface area contributed by atoms with Crippen molar-refractivity contribution in [3.63, 3.8) is 0 Å². The Balaban J connectivity index is 3.05. The molecule has 5 heteroatoms. The third-order valence-corrected chi connectivity index (χ3v) is 2.51. The lowest BCUT2D eigenvalue weighted by Crippen LogP contribution is -2.32. The van der Waals surface area contributed by atoms with E-state index in [1.165, 1.54) is 6.07 Å². The number of anilines is 1. The molecule has 1 aromatic rings. The Morgan fingerprint density at radius 2 is 2.18 bits per heavy atom. The normalized spacial score (nSPS) is 10.9. The Kier molecular flexibility index (Phi) is 5.15. The number of rotatable bonds is 6. The van der Waals surface area contributed by atoms with Crippen LogP contribution in [-0.4, -0.2) is 29.6 Å². The molecular formula is C12H22N4O. The fourth-order valence-electron chi connectivity index (χ4n) is 1.67. The van der Waals surface area contributed by atoms with Gasteiger partial charge in [0, 0.05) is 31.6 Å². The summed E-state index contributed by atoms with van der Waals surface area (Å²) in [6.07, 6.45) is 1.01. The van der Waals surface area contributed by atoms with Gasteiger partial charge in [0.25, 0.3) is 5.56 Å². The van der Waals surface area contributed by atoms with Gasteiger partial charge < -0.3 is 15.6 Å². The van der Waals surface area contributed by atoms with Gasteiger partial charge in [-0.25, -0.2) is 4.98 Å². The highest BCUT2D eigenvalue weighted by Gasteiger charge is 2.10. The second-order valence-electron chi connectivity index (χ2n) is 4.42. The minimum atomic E-state index is -0.100. The summed E-state index contributed by atoms with van der Waals surface area (Å²) in [5.41, 5.74) is 5.48. The quantitative estimate of drug-likeness (QED) is 0.777. The molecule has 0 bridgehead atoms. The van der Waals surface area contributed by atoms with E-state index in [9.17, 15) is 4.79 Å². The highest BCUT2D eigenvalue weighted by atomic mass is 16.1. The molecule has 0 saturated heterocycles. The van der Waals surface area contributed by atoms with Crippen molar-refractivity contribution >= 4 is 5.82 Å². The molecule has 0 unspecified atom stereocenters. The molecule has 0 aliphatic carbocycles. The summed E-state index contributed by atoms with van der Waals surface area (Å²) >= 11 is 0. The smallest absolute Gasteiger partial charge is 0.252 e. The zero-order valence-electron chi connectivity index (χ0n) is 10.9. The molecule has 0 atom stereocenters. The van der Waals surface area contributed by atoms with Crippen LogP contribution in [0.5, 0.6) is 0 Å². The zero-order chi connectivity index (χ0) is 12.8. The van der Waals surface area contributed by atoms with E-state index in [2.05, 4.69) is 21.8 Å². The predicted octanol–water partition coefficient (Wildman–Crippen LogP) is 1.07. The Bertz CT molecular complexity index is 394. The molecular weight excluding hydrogens is 216 g/mol. The van der Waals surface area contributed by atoms with E-state index in [0.29, 0.717) is 6.54 Å². The first-order valence-corrected chi connectivity index (χ1v) is 6.14. The van der Waals surface area contributed by atoms with Crippen molar-refractivity contribution in [1.82, 2.24) is 9.97 Å². The molecule has 0 fully saturated rings. The van der Waals surface area contributed by atoms with Gasteiger partial charge in [0.15, 0.2) is 0 Å². The molecule has 0 saturated carbocycles. The van der Waals surface area contributed by atoms with Crippen LogP contribution in [0.15, 0.2) is 10.9 Å². The van der Waals surface area contributed by atoms with E-state index in [4.69, 9.17) is 5.73 Å². The van der Waals surface area contributed by atoms with E-state index in [-0.39, 0.29) is 11.5 Å². The van der Waals surface area contributed by atoms with Crippen LogP contribution in [0.2, 0.25) is 0 Å². The summed E-state index contributed by atoms with van der Waals surface area (Å²) in [5.74, 6) is 1.67. The number of H-pyrrole nitrogens is 1. The van der Waals surface area contributed by atoms with Crippen molar-refractivity contribution in [2.24, 2.45) is 5.73 Å². The molecule has 1 heterocycles. The average Bonchev–Trinajstić information content (AvgIpc) is 2.28. The van der Waals surface area contributed by atoms with Gasteiger partial charge >= 0.3 is 0 Å². The molecule has 0 aliphatic heterocycles. The predicted molar refractivity (Wildman–Crippen MR) is 70.5 cm³/mol. The first kappa shape index (κ1) is 13.7. The summed E-state index contributed by atoms with van der Waals surface area (Å²) in [6, 6.07) is 1.54. The second-order valence-corrected chi connectivity index (χ2v) is 4.42. The highest BCUT2D eigenvalue weighted by Crippen LogP contribution is 2.12. The van der Waals surface area contributed by atoms with Crippen LogP contribution in [0.1, 0.15) is 38.9 Å². The minimum absolute atomic E-state index is 0.100. The summed E-state index contributed by atoms with van der Waals surface area (Å²) in [6.45, 7) is 8.27. The van der Waals surface area contributed by atoms with Crippen LogP contribution in [-0.2, 0) is 0 Å². The molecule has 17 heavy (non-hydrogen) atoms. The maximum atomic E-state index is 11.6. The molecule has 0 radical (unpaired) electrons. The van der Waals surface area contributed by atoms with Crippen LogP contribution in [0.3, 0.4) is 0 Å². The lowest BCUT2D eigenvalue weighted by molar-refractivity contribution is 0.720. The fourth-order valence-corrected chi connectivity index (χ4v) is 1.67. The Hall–Kier alpha value is -1.36. The van der Waals surface area contributed by atoms with E-state index in [1.807, 2.05) is 13.8 Å². The minimum Gasteiger partial charge on any atom is -0.355 e. The molecule has 5 nitrogen and oxygen atoms in total. The lowest BCUT2D eigenvalue weighted by Gasteiger charge is -2.22. The summed E-state index contributed by atoms with van der Waals surface area (Å²) in [4.78, 5) is 20.9. The van der Waals surface area contributed by atoms with Gasteiger partial charge in [0.1, 0.15) is 11.6 Å². The number of nitrogens with one attached hydrogen (secondary N) is 1. The van der Waals surface area contributed by atoms with Crippen molar-refractivity contribution in [3.05, 3.63) is 22.2 Å². The van der Waals surface area contributed by atoms with E-state index < -0.39 is 0 Å². The average molecular weight is 238 g/mol. The third kappa shape index (κ3) is 3.85. The van der Waals surface area contributed by atoms with Crippen molar-refractivity contribution in [2.75, 3.05) is 24.5 Å². The first-order chi connectivity index (χ1) is 8.08. The van der Waals surface area contributed by atoms with Crippen molar-refractivity contribution < 1.29 is 0 Å². The first-order valence-electron chi connectivity index (χ1n) is 6.14. The standard InChI is InChI=1S/C12H22N4O/c1-4-6-16(7-5-13)10-8-11(17)15-12(14-10)9(2)3/h8-9H,4-7,13H2,1-3H3,(H,14,15,17). The largest absolute Gasteiger partial charge is 0.355 e. The van der Waals surface area contributed by atoms with Crippen LogP contribution in [0.25, 0.3) is 0 Å². The van der Waals surface area contributed by atoms with Crippen LogP contribution in [0, 0.1) is 0 Å². The van der Waals surface area contributed by atoms with Crippen LogP contribution >= 0.6 is 0 Å². The summed E-state index contributed by atoms with van der Waals surface area (Å²) in [7, 11) is 0. The Morgan fingerprint density at radius 3 is 2.71 bits per heavy atom. The molecule has 3 N–H and O–H groups in total. The molecule has 0 spiro atoms. The van der Waals surface area contributed by atoms with Crippen LogP contribution < -0.4 is 16.2 Å². The van der Waals surface area contributed by atoms with E-state index in [0.717, 1.165) is 31.2 Å². The molecule has 1 rings (SSSR count). The molecule has 0 aromatic carbocycles. The van der Waals surface area contributed by atoms with Crippen molar-refractivity contribution in [2.45, 2.75) is 33.1 Å². The Morgan fingerprint density at radius 1 is 1.47 bits per heavy atom. The number of nitrogens with zero attached hydrogens (tertiary/aromatic N) is 2. The number of hydrogen-bond acceptors (Lipinski definition) is 4. The summed E-state index contributed by atoms with van der Waals surface area (Å²) < 4.78 is 0. The lowest BCUT2D eigenvalue weighted by atomic mass is 10.2. The number of hydrogen-bond donors (Lipinski definition) is 2.